The van der Waals surface area contributed by atoms with Crippen molar-refractivity contribution in [2.75, 3.05) is 0 Å². The predicted molar refractivity (Wildman–Crippen MR) is 192 cm³/mol. The summed E-state index contributed by atoms with van der Waals surface area (Å²) in [5.41, 5.74) is 1.41. The Morgan fingerprint density at radius 2 is 1.02 bits per heavy atom. The summed E-state index contributed by atoms with van der Waals surface area (Å²) in [5.74, 6) is -2.21. The van der Waals surface area contributed by atoms with Gasteiger partial charge >= 0.3 is 11.9 Å². The van der Waals surface area contributed by atoms with Crippen LogP contribution in [-0.4, -0.2) is 39.9 Å². The van der Waals surface area contributed by atoms with E-state index in [0.717, 1.165) is 108 Å². The normalized spacial score (nSPS) is 19.5. The standard InChI is InChI=1S/C39H45N3O8S/c1-24-22-29(36(43)34(25-10-2-3-11-25)40-49-38(45)27-14-6-7-15-27)18-20-32(24)51-33-21-19-30(23-31(33)42(47)48)37(44)35(26-12-4-5-13-26)41-50-39(46)28-16-8-9-17-28/h18-23,25-28H,2-17H2,1H3/b40-34+,41-35+. The van der Waals surface area contributed by atoms with Gasteiger partial charge in [-0.05, 0) is 94.2 Å². The Balaban J connectivity index is 1.19. The highest BCUT2D eigenvalue weighted by Crippen LogP contribution is 2.38. The number of nitro groups is 1. The molecule has 0 atom stereocenters. The van der Waals surface area contributed by atoms with E-state index in [1.165, 1.54) is 17.8 Å². The number of oxime groups is 2. The Kier molecular flexibility index (Phi) is 12.1. The Bertz CT molecular complexity index is 1730. The molecule has 2 aromatic carbocycles. The molecule has 4 saturated carbocycles. The lowest BCUT2D eigenvalue weighted by Crippen LogP contribution is -2.24. The van der Waals surface area contributed by atoms with Crippen molar-refractivity contribution in [1.82, 2.24) is 0 Å². The lowest BCUT2D eigenvalue weighted by molar-refractivity contribution is -0.387. The molecule has 0 bridgehead atoms. The Morgan fingerprint density at radius 1 is 0.627 bits per heavy atom. The topological polar surface area (TPSA) is 155 Å². The minimum atomic E-state index is -0.518. The van der Waals surface area contributed by atoms with Gasteiger partial charge in [0, 0.05) is 33.9 Å². The molecule has 0 heterocycles. The van der Waals surface area contributed by atoms with Gasteiger partial charge in [-0.25, -0.2) is 9.59 Å². The average Bonchev–Trinajstić information content (AvgIpc) is 3.98. The van der Waals surface area contributed by atoms with Crippen LogP contribution in [0.4, 0.5) is 5.69 Å². The molecule has 0 N–H and O–H groups in total. The SMILES string of the molecule is Cc1cc(C(=O)/C(=N/OC(=O)C2CCCC2)C2CCCC2)ccc1Sc1ccc(C(=O)/C(=N/OC(=O)C2CCCC2)C2CCCC2)cc1[N+](=O)[O-]. The van der Waals surface area contributed by atoms with Crippen LogP contribution in [0.2, 0.25) is 0 Å². The monoisotopic (exact) mass is 715 g/mol. The maximum atomic E-state index is 13.7. The second-order valence-electron chi connectivity index (χ2n) is 14.4. The molecule has 6 rings (SSSR count). The maximum Gasteiger partial charge on any atom is 0.338 e. The number of carbonyl (C=O) groups is 4. The molecule has 4 aliphatic rings. The zero-order chi connectivity index (χ0) is 35.9. The second-order valence-corrected chi connectivity index (χ2v) is 15.5. The predicted octanol–water partition coefficient (Wildman–Crippen LogP) is 8.98. The van der Waals surface area contributed by atoms with Gasteiger partial charge in [0.05, 0.1) is 21.7 Å². The number of ketones is 2. The number of hydrogen-bond acceptors (Lipinski definition) is 11. The Labute approximate surface area is 302 Å². The summed E-state index contributed by atoms with van der Waals surface area (Å²) in [7, 11) is 0. The molecule has 0 aliphatic heterocycles. The average molecular weight is 716 g/mol. The molecule has 270 valence electrons. The minimum absolute atomic E-state index is 0.0781. The van der Waals surface area contributed by atoms with E-state index in [2.05, 4.69) is 10.3 Å². The van der Waals surface area contributed by atoms with E-state index in [9.17, 15) is 29.3 Å². The fraction of sp³-hybridized carbons (Fsp3) is 0.538. The van der Waals surface area contributed by atoms with Crippen molar-refractivity contribution in [3.63, 3.8) is 0 Å². The second kappa shape index (κ2) is 16.9. The molecule has 4 fully saturated rings. The number of nitro benzene ring substituents is 1. The number of carbonyl (C=O) groups excluding carboxylic acids is 4. The van der Waals surface area contributed by atoms with Gasteiger partial charge in [-0.1, -0.05) is 73.4 Å². The molecule has 2 aromatic rings. The van der Waals surface area contributed by atoms with Crippen LogP contribution in [0.15, 0.2) is 56.5 Å². The van der Waals surface area contributed by atoms with E-state index < -0.39 is 16.7 Å². The summed E-state index contributed by atoms with van der Waals surface area (Å²) in [6.07, 6.45) is 13.9. The Morgan fingerprint density at radius 3 is 1.43 bits per heavy atom. The molecule has 4 aliphatic carbocycles. The number of benzene rings is 2. The van der Waals surface area contributed by atoms with E-state index >= 15 is 0 Å². The van der Waals surface area contributed by atoms with E-state index in [0.29, 0.717) is 15.4 Å². The summed E-state index contributed by atoms with van der Waals surface area (Å²) in [6, 6.07) is 9.51. The van der Waals surface area contributed by atoms with Crippen LogP contribution < -0.4 is 0 Å². The molecule has 0 amide bonds. The number of aryl methyl sites for hydroxylation is 1. The fourth-order valence-electron chi connectivity index (χ4n) is 7.87. The quantitative estimate of drug-likeness (QED) is 0.0650. The molecule has 0 unspecified atom stereocenters. The molecule has 11 nitrogen and oxygen atoms in total. The third kappa shape index (κ3) is 8.83. The summed E-state index contributed by atoms with van der Waals surface area (Å²) in [6.45, 7) is 1.83. The molecule has 12 heteroatoms. The number of nitrogens with zero attached hydrogens (tertiary/aromatic N) is 3. The van der Waals surface area contributed by atoms with Crippen molar-refractivity contribution in [2.24, 2.45) is 34.0 Å². The zero-order valence-electron chi connectivity index (χ0n) is 29.1. The first-order valence-corrected chi connectivity index (χ1v) is 19.2. The summed E-state index contributed by atoms with van der Waals surface area (Å²) < 4.78 is 0. The van der Waals surface area contributed by atoms with E-state index in [4.69, 9.17) is 9.68 Å². The van der Waals surface area contributed by atoms with Crippen LogP contribution in [0.3, 0.4) is 0 Å². The van der Waals surface area contributed by atoms with E-state index in [-0.39, 0.29) is 58.1 Å². The first-order chi connectivity index (χ1) is 24.7. The molecular formula is C39H45N3O8S. The summed E-state index contributed by atoms with van der Waals surface area (Å²) in [5, 5.41) is 20.5. The molecule has 0 saturated heterocycles. The van der Waals surface area contributed by atoms with Gasteiger partial charge in [0.2, 0.25) is 11.6 Å². The van der Waals surface area contributed by atoms with Crippen LogP contribution in [0.1, 0.15) is 129 Å². The molecule has 0 radical (unpaired) electrons. The lowest BCUT2D eigenvalue weighted by Gasteiger charge is -2.14. The highest BCUT2D eigenvalue weighted by molar-refractivity contribution is 7.99. The highest BCUT2D eigenvalue weighted by Gasteiger charge is 2.33. The number of rotatable bonds is 13. The van der Waals surface area contributed by atoms with Gasteiger partial charge in [0.15, 0.2) is 0 Å². The summed E-state index contributed by atoms with van der Waals surface area (Å²) >= 11 is 1.17. The van der Waals surface area contributed by atoms with E-state index in [1.54, 1.807) is 30.3 Å². The summed E-state index contributed by atoms with van der Waals surface area (Å²) in [4.78, 5) is 76.1. The molecule has 0 spiro atoms. The van der Waals surface area contributed by atoms with Gasteiger partial charge in [-0.3, -0.25) is 19.7 Å². The number of Topliss-reactive ketones (excluding diaryl/α,β-unsaturated/α-hetero) is 2. The largest absolute Gasteiger partial charge is 0.338 e. The van der Waals surface area contributed by atoms with Gasteiger partial charge in [0.1, 0.15) is 11.4 Å². The number of hydrogen-bond donors (Lipinski definition) is 0. The third-order valence-electron chi connectivity index (χ3n) is 10.9. The van der Waals surface area contributed by atoms with Gasteiger partial charge in [-0.2, -0.15) is 0 Å². The van der Waals surface area contributed by atoms with Crippen LogP contribution >= 0.6 is 11.8 Å². The molecular weight excluding hydrogens is 671 g/mol. The smallest absolute Gasteiger partial charge is 0.318 e. The first kappa shape index (κ1) is 36.6. The first-order valence-electron chi connectivity index (χ1n) is 18.4. The third-order valence-corrected chi connectivity index (χ3v) is 12.1. The lowest BCUT2D eigenvalue weighted by atomic mass is 9.94. The van der Waals surface area contributed by atoms with Crippen molar-refractivity contribution in [2.45, 2.75) is 119 Å². The van der Waals surface area contributed by atoms with E-state index in [1.807, 2.05) is 6.92 Å². The zero-order valence-corrected chi connectivity index (χ0v) is 29.9. The van der Waals surface area contributed by atoms with Crippen LogP contribution in [0, 0.1) is 40.7 Å². The van der Waals surface area contributed by atoms with Gasteiger partial charge < -0.3 is 9.68 Å². The van der Waals surface area contributed by atoms with Crippen molar-refractivity contribution in [1.29, 1.82) is 0 Å². The van der Waals surface area contributed by atoms with Crippen LogP contribution in [-0.2, 0) is 19.3 Å². The van der Waals surface area contributed by atoms with Crippen LogP contribution in [0.25, 0.3) is 0 Å². The van der Waals surface area contributed by atoms with Gasteiger partial charge in [0.25, 0.3) is 5.69 Å². The highest BCUT2D eigenvalue weighted by atomic mass is 32.2. The minimum Gasteiger partial charge on any atom is -0.318 e. The van der Waals surface area contributed by atoms with Crippen molar-refractivity contribution in [3.8, 4) is 0 Å². The van der Waals surface area contributed by atoms with Gasteiger partial charge in [-0.15, -0.1) is 0 Å². The van der Waals surface area contributed by atoms with Crippen molar-refractivity contribution < 1.29 is 33.8 Å². The van der Waals surface area contributed by atoms with Crippen LogP contribution in [0.5, 0.6) is 0 Å². The molecule has 51 heavy (non-hydrogen) atoms. The maximum absolute atomic E-state index is 13.7. The van der Waals surface area contributed by atoms with Crippen molar-refractivity contribution in [3.05, 3.63) is 63.2 Å². The Hall–Kier alpha value is -4.19. The fourth-order valence-corrected chi connectivity index (χ4v) is 8.84. The molecule has 0 aromatic heterocycles. The van der Waals surface area contributed by atoms with Crippen molar-refractivity contribution >= 4 is 52.4 Å².